The zero-order valence-corrected chi connectivity index (χ0v) is 20.5. The molecule has 0 radical (unpaired) electrons. The lowest BCUT2D eigenvalue weighted by Crippen LogP contribution is -2.48. The van der Waals surface area contributed by atoms with Gasteiger partial charge in [0.1, 0.15) is 17.0 Å². The van der Waals surface area contributed by atoms with Crippen molar-refractivity contribution in [2.45, 2.75) is 84.3 Å². The molecule has 1 aromatic heterocycles. The predicted octanol–water partition coefficient (Wildman–Crippen LogP) is 5.69. The van der Waals surface area contributed by atoms with Gasteiger partial charge < -0.3 is 24.9 Å². The first-order valence-corrected chi connectivity index (χ1v) is 11.7. The second-order valence-electron chi connectivity index (χ2n) is 9.51. The number of unbranched alkanes of at least 4 members (excludes halogenated alkanes) is 5. The van der Waals surface area contributed by atoms with Crippen LogP contribution in [0.2, 0.25) is 0 Å². The molecule has 33 heavy (non-hydrogen) atoms. The molecular weight excluding hydrogens is 425 g/mol. The largest absolute Gasteiger partial charge is 0.491 e. The molecule has 0 fully saturated rings. The molecule has 1 atom stereocenters. The van der Waals surface area contributed by atoms with Crippen LogP contribution in [0.15, 0.2) is 24.4 Å². The average molecular weight is 464 g/mol. The number of carbonyl (C=O) groups is 1. The number of halogens is 1. The summed E-state index contributed by atoms with van der Waals surface area (Å²) in [5.41, 5.74) is -0.832. The van der Waals surface area contributed by atoms with E-state index in [-0.39, 0.29) is 5.75 Å². The van der Waals surface area contributed by atoms with Crippen molar-refractivity contribution in [3.05, 3.63) is 36.0 Å². The maximum atomic E-state index is 14.6. The summed E-state index contributed by atoms with van der Waals surface area (Å²) < 4.78 is 25.4. The lowest BCUT2D eigenvalue weighted by atomic mass is 10.0. The number of carbonyl (C=O) groups excluding carboxylic acids is 1. The van der Waals surface area contributed by atoms with Gasteiger partial charge in [0.2, 0.25) is 0 Å². The van der Waals surface area contributed by atoms with Crippen molar-refractivity contribution < 1.29 is 23.8 Å². The number of H-pyrrole nitrogens is 1. The van der Waals surface area contributed by atoms with Crippen LogP contribution in [0.25, 0.3) is 11.3 Å². The van der Waals surface area contributed by atoms with Gasteiger partial charge in [0.05, 0.1) is 18.9 Å². The third-order valence-electron chi connectivity index (χ3n) is 5.18. The minimum atomic E-state index is -1.20. The third kappa shape index (κ3) is 8.35. The Morgan fingerprint density at radius 1 is 1.15 bits per heavy atom. The highest BCUT2D eigenvalue weighted by Gasteiger charge is 2.33. The number of nitrogens with one attached hydrogen (secondary N) is 2. The molecule has 184 valence electrons. The van der Waals surface area contributed by atoms with E-state index in [0.29, 0.717) is 23.7 Å². The molecule has 1 aromatic carbocycles. The Balaban J connectivity index is 2.01. The van der Waals surface area contributed by atoms with Gasteiger partial charge in [-0.15, -0.1) is 0 Å². The number of hydrogen-bond donors (Lipinski definition) is 3. The highest BCUT2D eigenvalue weighted by atomic mass is 19.1. The Morgan fingerprint density at radius 3 is 2.48 bits per heavy atom. The first-order chi connectivity index (χ1) is 15.6. The summed E-state index contributed by atoms with van der Waals surface area (Å²) in [6.07, 6.45) is 7.78. The number of aliphatic hydroxyl groups excluding tert-OH is 1. The highest BCUT2D eigenvalue weighted by molar-refractivity contribution is 5.69. The Hall–Kier alpha value is -2.61. The van der Waals surface area contributed by atoms with Crippen LogP contribution in [0, 0.1) is 5.82 Å². The van der Waals surface area contributed by atoms with Crippen molar-refractivity contribution in [3.63, 3.8) is 0 Å². The Bertz CT molecular complexity index is 894. The molecule has 0 aliphatic rings. The number of alkyl carbamates (subject to hydrolysis) is 1. The molecule has 8 heteroatoms. The highest BCUT2D eigenvalue weighted by Crippen LogP contribution is 2.27. The van der Waals surface area contributed by atoms with E-state index in [4.69, 9.17) is 9.47 Å². The maximum absolute atomic E-state index is 14.6. The molecule has 0 bridgehead atoms. The number of hydrogen-bond acceptors (Lipinski definition) is 5. The minimum absolute atomic E-state index is 0.217. The monoisotopic (exact) mass is 463 g/mol. The smallest absolute Gasteiger partial charge is 0.408 e. The van der Waals surface area contributed by atoms with Crippen LogP contribution in [0.5, 0.6) is 5.75 Å². The maximum Gasteiger partial charge on any atom is 0.408 e. The number of amides is 1. The molecule has 1 amide bonds. The van der Waals surface area contributed by atoms with E-state index in [9.17, 15) is 14.3 Å². The van der Waals surface area contributed by atoms with Gasteiger partial charge >= 0.3 is 6.09 Å². The number of ether oxygens (including phenoxy) is 2. The van der Waals surface area contributed by atoms with Crippen molar-refractivity contribution in [2.24, 2.45) is 0 Å². The molecule has 7 nitrogen and oxygen atoms in total. The van der Waals surface area contributed by atoms with E-state index in [1.165, 1.54) is 31.7 Å². The number of benzene rings is 1. The summed E-state index contributed by atoms with van der Waals surface area (Å²) in [6, 6.07) is 4.70. The number of aromatic amines is 1. The molecule has 0 saturated carbocycles. The Kier molecular flexibility index (Phi) is 9.70. The van der Waals surface area contributed by atoms with E-state index in [1.807, 2.05) is 0 Å². The second-order valence-corrected chi connectivity index (χ2v) is 9.51. The number of rotatable bonds is 12. The van der Waals surface area contributed by atoms with Crippen molar-refractivity contribution in [1.82, 2.24) is 15.3 Å². The van der Waals surface area contributed by atoms with E-state index in [2.05, 4.69) is 22.2 Å². The van der Waals surface area contributed by atoms with Gasteiger partial charge in [-0.3, -0.25) is 0 Å². The van der Waals surface area contributed by atoms with Crippen molar-refractivity contribution >= 4 is 6.09 Å². The lowest BCUT2D eigenvalue weighted by Gasteiger charge is -2.28. The van der Waals surface area contributed by atoms with Crippen LogP contribution >= 0.6 is 0 Å². The molecule has 1 heterocycles. The standard InChI is InChI=1S/C25H38FN3O4/c1-6-7-8-9-10-11-14-32-21-13-12-18(15-19(21)26)20-16-27-22(28-20)25(5,17-30)29-23(31)33-24(2,3)4/h12-13,15-16,30H,6-11,14,17H2,1-5H3,(H,27,28)(H,29,31)/t25-/m0/s1. The van der Waals surface area contributed by atoms with Crippen LogP contribution in [0.3, 0.4) is 0 Å². The van der Waals surface area contributed by atoms with Gasteiger partial charge in [-0.2, -0.15) is 0 Å². The van der Waals surface area contributed by atoms with Gasteiger partial charge in [-0.1, -0.05) is 39.0 Å². The van der Waals surface area contributed by atoms with Gasteiger partial charge in [0.15, 0.2) is 11.6 Å². The SMILES string of the molecule is CCCCCCCCOc1ccc(-c2c[nH]c([C@](C)(CO)NC(=O)OC(C)(C)C)n2)cc1F. The molecule has 2 aromatic rings. The van der Waals surface area contributed by atoms with Crippen molar-refractivity contribution in [2.75, 3.05) is 13.2 Å². The van der Waals surface area contributed by atoms with E-state index in [1.54, 1.807) is 46.0 Å². The zero-order valence-electron chi connectivity index (χ0n) is 20.5. The third-order valence-corrected chi connectivity index (χ3v) is 5.18. The topological polar surface area (TPSA) is 96.5 Å². The van der Waals surface area contributed by atoms with Gasteiger partial charge in [0.25, 0.3) is 0 Å². The van der Waals surface area contributed by atoms with Crippen LogP contribution in [-0.2, 0) is 10.3 Å². The average Bonchev–Trinajstić information content (AvgIpc) is 3.23. The molecule has 0 unspecified atom stereocenters. The fourth-order valence-electron chi connectivity index (χ4n) is 3.30. The van der Waals surface area contributed by atoms with Crippen LogP contribution < -0.4 is 10.1 Å². The van der Waals surface area contributed by atoms with Crippen LogP contribution in [-0.4, -0.2) is 40.0 Å². The quantitative estimate of drug-likeness (QED) is 0.352. The second kappa shape index (κ2) is 12.0. The number of aliphatic hydroxyl groups is 1. The fraction of sp³-hybridized carbons (Fsp3) is 0.600. The molecule has 0 spiro atoms. The summed E-state index contributed by atoms with van der Waals surface area (Å²) in [5.74, 6) is 0.0874. The Labute approximate surface area is 196 Å². The normalized spacial score (nSPS) is 13.4. The van der Waals surface area contributed by atoms with Gasteiger partial charge in [-0.05, 0) is 52.3 Å². The van der Waals surface area contributed by atoms with E-state index >= 15 is 0 Å². The summed E-state index contributed by atoms with van der Waals surface area (Å²) in [6.45, 7) is 9.15. The minimum Gasteiger partial charge on any atom is -0.491 e. The zero-order chi connectivity index (χ0) is 24.5. The first kappa shape index (κ1) is 26.6. The summed E-state index contributed by atoms with van der Waals surface area (Å²) in [5, 5.41) is 12.5. The van der Waals surface area contributed by atoms with Crippen molar-refractivity contribution in [3.8, 4) is 17.0 Å². The number of aromatic nitrogens is 2. The molecular formula is C25H38FN3O4. The van der Waals surface area contributed by atoms with Crippen LogP contribution in [0.1, 0.15) is 79.0 Å². The van der Waals surface area contributed by atoms with E-state index < -0.39 is 29.7 Å². The fourth-order valence-corrected chi connectivity index (χ4v) is 3.30. The van der Waals surface area contributed by atoms with Gasteiger partial charge in [-0.25, -0.2) is 14.2 Å². The lowest BCUT2D eigenvalue weighted by molar-refractivity contribution is 0.0403. The molecule has 3 N–H and O–H groups in total. The first-order valence-electron chi connectivity index (χ1n) is 11.7. The molecule has 0 saturated heterocycles. The van der Waals surface area contributed by atoms with E-state index in [0.717, 1.165) is 12.8 Å². The van der Waals surface area contributed by atoms with Crippen molar-refractivity contribution in [1.29, 1.82) is 0 Å². The number of imidazole rings is 1. The van der Waals surface area contributed by atoms with Gasteiger partial charge in [0, 0.05) is 11.8 Å². The van der Waals surface area contributed by atoms with Crippen LogP contribution in [0.4, 0.5) is 9.18 Å². The number of nitrogens with zero attached hydrogens (tertiary/aromatic N) is 1. The molecule has 2 rings (SSSR count). The summed E-state index contributed by atoms with van der Waals surface area (Å²) >= 11 is 0. The predicted molar refractivity (Wildman–Crippen MR) is 127 cm³/mol. The summed E-state index contributed by atoms with van der Waals surface area (Å²) in [7, 11) is 0. The molecule has 0 aliphatic heterocycles. The molecule has 0 aliphatic carbocycles. The summed E-state index contributed by atoms with van der Waals surface area (Å²) in [4.78, 5) is 19.6. The Morgan fingerprint density at radius 2 is 1.85 bits per heavy atom.